The van der Waals surface area contributed by atoms with Gasteiger partial charge in [0.2, 0.25) is 0 Å². The van der Waals surface area contributed by atoms with Gasteiger partial charge in [0.25, 0.3) is 5.91 Å². The second-order valence-corrected chi connectivity index (χ2v) is 5.48. The molecule has 0 atom stereocenters. The van der Waals surface area contributed by atoms with Crippen molar-refractivity contribution in [3.8, 4) is 0 Å². The summed E-state index contributed by atoms with van der Waals surface area (Å²) < 4.78 is 0. The Morgan fingerprint density at radius 3 is 2.72 bits per heavy atom. The lowest BCUT2D eigenvalue weighted by Crippen LogP contribution is -2.23. The Hall–Kier alpha value is -1.31. The standard InChI is InChI=1S/C11H14N4OS2/c1-2-9-14-7(5-17-9)4-13-11(16)8-6-18-10(3-12)15-8/h5-6H,2-4,12H2,1H3,(H,13,16). The Labute approximate surface area is 113 Å². The summed E-state index contributed by atoms with van der Waals surface area (Å²) >= 11 is 3.01. The van der Waals surface area contributed by atoms with E-state index in [1.54, 1.807) is 16.7 Å². The second kappa shape index (κ2) is 6.03. The zero-order valence-corrected chi connectivity index (χ0v) is 11.6. The van der Waals surface area contributed by atoms with Crippen LogP contribution in [0.15, 0.2) is 10.8 Å². The largest absolute Gasteiger partial charge is 0.345 e. The fourth-order valence-corrected chi connectivity index (χ4v) is 2.76. The highest BCUT2D eigenvalue weighted by molar-refractivity contribution is 7.10. The van der Waals surface area contributed by atoms with Crippen molar-refractivity contribution >= 4 is 28.6 Å². The lowest BCUT2D eigenvalue weighted by molar-refractivity contribution is 0.0946. The summed E-state index contributed by atoms with van der Waals surface area (Å²) in [5.74, 6) is -0.183. The number of nitrogens with one attached hydrogen (secondary N) is 1. The third-order valence-corrected chi connectivity index (χ3v) is 4.20. The van der Waals surface area contributed by atoms with E-state index >= 15 is 0 Å². The monoisotopic (exact) mass is 282 g/mol. The first kappa shape index (κ1) is 13.1. The SMILES string of the molecule is CCc1nc(CNC(=O)c2csc(CN)n2)cs1. The van der Waals surface area contributed by atoms with E-state index in [0.717, 1.165) is 22.1 Å². The molecule has 0 aliphatic carbocycles. The zero-order chi connectivity index (χ0) is 13.0. The van der Waals surface area contributed by atoms with Crippen molar-refractivity contribution in [3.05, 3.63) is 32.2 Å². The average Bonchev–Trinajstić information content (AvgIpc) is 3.04. The minimum Gasteiger partial charge on any atom is -0.345 e. The van der Waals surface area contributed by atoms with E-state index in [-0.39, 0.29) is 5.91 Å². The molecule has 0 fully saturated rings. The van der Waals surface area contributed by atoms with Gasteiger partial charge in [0.1, 0.15) is 10.7 Å². The third kappa shape index (κ3) is 3.12. The lowest BCUT2D eigenvalue weighted by Gasteiger charge is -1.99. The van der Waals surface area contributed by atoms with Crippen molar-refractivity contribution in [3.63, 3.8) is 0 Å². The fraction of sp³-hybridized carbons (Fsp3) is 0.364. The molecule has 0 aliphatic heterocycles. The number of nitrogens with zero attached hydrogens (tertiary/aromatic N) is 2. The van der Waals surface area contributed by atoms with Gasteiger partial charge in [-0.1, -0.05) is 6.92 Å². The number of carbonyl (C=O) groups excluding carboxylic acids is 1. The molecule has 2 heterocycles. The molecule has 2 rings (SSSR count). The number of aryl methyl sites for hydroxylation is 1. The van der Waals surface area contributed by atoms with Crippen LogP contribution in [0.1, 0.15) is 33.1 Å². The summed E-state index contributed by atoms with van der Waals surface area (Å²) in [5, 5.41) is 8.33. The van der Waals surface area contributed by atoms with Crippen LogP contribution < -0.4 is 11.1 Å². The van der Waals surface area contributed by atoms with Crippen LogP contribution >= 0.6 is 22.7 Å². The molecular formula is C11H14N4OS2. The maximum Gasteiger partial charge on any atom is 0.271 e. The summed E-state index contributed by atoms with van der Waals surface area (Å²) in [5.41, 5.74) is 6.76. The van der Waals surface area contributed by atoms with Crippen LogP contribution in [0.5, 0.6) is 0 Å². The summed E-state index contributed by atoms with van der Waals surface area (Å²) in [4.78, 5) is 20.3. The van der Waals surface area contributed by atoms with Crippen LogP contribution in [0.2, 0.25) is 0 Å². The van der Waals surface area contributed by atoms with E-state index in [1.165, 1.54) is 11.3 Å². The van der Waals surface area contributed by atoms with Crippen molar-refractivity contribution in [2.24, 2.45) is 5.73 Å². The topological polar surface area (TPSA) is 80.9 Å². The first-order valence-electron chi connectivity index (χ1n) is 5.59. The highest BCUT2D eigenvalue weighted by Gasteiger charge is 2.10. The third-order valence-electron chi connectivity index (χ3n) is 2.29. The molecule has 2 aromatic heterocycles. The van der Waals surface area contributed by atoms with Crippen LogP contribution in [0, 0.1) is 0 Å². The van der Waals surface area contributed by atoms with Gasteiger partial charge in [-0.25, -0.2) is 9.97 Å². The fourth-order valence-electron chi connectivity index (χ4n) is 1.36. The number of aromatic nitrogens is 2. The van der Waals surface area contributed by atoms with Crippen LogP contribution in [0.4, 0.5) is 0 Å². The highest BCUT2D eigenvalue weighted by atomic mass is 32.1. The molecule has 1 amide bonds. The van der Waals surface area contributed by atoms with Gasteiger partial charge in [0.15, 0.2) is 0 Å². The number of amides is 1. The summed E-state index contributed by atoms with van der Waals surface area (Å²) in [6.07, 6.45) is 0.921. The zero-order valence-electron chi connectivity index (χ0n) is 9.97. The predicted octanol–water partition coefficient (Wildman–Crippen LogP) is 1.55. The van der Waals surface area contributed by atoms with Crippen molar-refractivity contribution in [2.75, 3.05) is 0 Å². The Bertz CT molecular complexity index is 535. The summed E-state index contributed by atoms with van der Waals surface area (Å²) in [7, 11) is 0. The number of nitrogens with two attached hydrogens (primary N) is 1. The normalized spacial score (nSPS) is 10.6. The van der Waals surface area contributed by atoms with E-state index in [2.05, 4.69) is 22.2 Å². The van der Waals surface area contributed by atoms with Gasteiger partial charge >= 0.3 is 0 Å². The van der Waals surface area contributed by atoms with E-state index in [0.29, 0.717) is 18.8 Å². The molecule has 96 valence electrons. The van der Waals surface area contributed by atoms with Crippen LogP contribution in [0.3, 0.4) is 0 Å². The first-order chi connectivity index (χ1) is 8.72. The van der Waals surface area contributed by atoms with Crippen LogP contribution in [0.25, 0.3) is 0 Å². The Kier molecular flexibility index (Phi) is 4.40. The molecule has 0 spiro atoms. The number of hydrogen-bond acceptors (Lipinski definition) is 6. The Morgan fingerprint density at radius 2 is 2.11 bits per heavy atom. The Balaban J connectivity index is 1.91. The molecule has 2 aromatic rings. The maximum absolute atomic E-state index is 11.8. The van der Waals surface area contributed by atoms with Gasteiger partial charge in [-0.3, -0.25) is 4.79 Å². The van der Waals surface area contributed by atoms with E-state index in [4.69, 9.17) is 5.73 Å². The average molecular weight is 282 g/mol. The van der Waals surface area contributed by atoms with Gasteiger partial charge in [-0.2, -0.15) is 0 Å². The maximum atomic E-state index is 11.8. The van der Waals surface area contributed by atoms with Crippen molar-refractivity contribution in [1.82, 2.24) is 15.3 Å². The highest BCUT2D eigenvalue weighted by Crippen LogP contribution is 2.11. The van der Waals surface area contributed by atoms with Crippen molar-refractivity contribution in [2.45, 2.75) is 26.4 Å². The smallest absolute Gasteiger partial charge is 0.271 e. The molecule has 0 saturated carbocycles. The van der Waals surface area contributed by atoms with E-state index in [9.17, 15) is 4.79 Å². The molecule has 5 nitrogen and oxygen atoms in total. The molecule has 0 unspecified atom stereocenters. The molecule has 0 aliphatic rings. The van der Waals surface area contributed by atoms with Gasteiger partial charge < -0.3 is 11.1 Å². The second-order valence-electron chi connectivity index (χ2n) is 3.60. The summed E-state index contributed by atoms with van der Waals surface area (Å²) in [6, 6.07) is 0. The number of thiazole rings is 2. The molecule has 3 N–H and O–H groups in total. The van der Waals surface area contributed by atoms with Crippen LogP contribution in [-0.2, 0) is 19.5 Å². The van der Waals surface area contributed by atoms with Crippen molar-refractivity contribution in [1.29, 1.82) is 0 Å². The van der Waals surface area contributed by atoms with Crippen LogP contribution in [-0.4, -0.2) is 15.9 Å². The minimum absolute atomic E-state index is 0.183. The van der Waals surface area contributed by atoms with Gasteiger partial charge in [-0.05, 0) is 6.42 Å². The number of hydrogen-bond donors (Lipinski definition) is 2. The first-order valence-corrected chi connectivity index (χ1v) is 7.34. The van der Waals surface area contributed by atoms with E-state index < -0.39 is 0 Å². The van der Waals surface area contributed by atoms with Gasteiger partial charge in [0.05, 0.1) is 17.2 Å². The molecule has 0 bridgehead atoms. The Morgan fingerprint density at radius 1 is 1.33 bits per heavy atom. The number of carbonyl (C=O) groups is 1. The summed E-state index contributed by atoms with van der Waals surface area (Å²) in [6.45, 7) is 2.86. The van der Waals surface area contributed by atoms with Gasteiger partial charge in [0, 0.05) is 17.3 Å². The molecular weight excluding hydrogens is 268 g/mol. The quantitative estimate of drug-likeness (QED) is 0.872. The molecule has 18 heavy (non-hydrogen) atoms. The molecule has 7 heteroatoms. The molecule has 0 radical (unpaired) electrons. The van der Waals surface area contributed by atoms with Crippen molar-refractivity contribution < 1.29 is 4.79 Å². The minimum atomic E-state index is -0.183. The molecule has 0 saturated heterocycles. The molecule has 0 aromatic carbocycles. The number of rotatable bonds is 5. The lowest BCUT2D eigenvalue weighted by atomic mass is 10.4. The predicted molar refractivity (Wildman–Crippen MR) is 72.7 cm³/mol. The van der Waals surface area contributed by atoms with Gasteiger partial charge in [-0.15, -0.1) is 22.7 Å². The van der Waals surface area contributed by atoms with E-state index in [1.807, 2.05) is 5.38 Å².